The third-order valence-electron chi connectivity index (χ3n) is 3.54. The summed E-state index contributed by atoms with van der Waals surface area (Å²) in [5, 5.41) is 9.96. The SMILES string of the molecule is CN1CCC(C(O)C2CCC2)C1. The maximum atomic E-state index is 9.96. The van der Waals surface area contributed by atoms with E-state index in [1.165, 1.54) is 32.2 Å². The first-order valence-electron chi connectivity index (χ1n) is 5.14. The first-order chi connectivity index (χ1) is 5.77. The van der Waals surface area contributed by atoms with E-state index >= 15 is 0 Å². The van der Waals surface area contributed by atoms with Crippen LogP contribution in [0.15, 0.2) is 0 Å². The van der Waals surface area contributed by atoms with Gasteiger partial charge in [-0.2, -0.15) is 0 Å². The van der Waals surface area contributed by atoms with Crippen molar-refractivity contribution in [3.8, 4) is 0 Å². The molecule has 2 heteroatoms. The average molecular weight is 169 g/mol. The van der Waals surface area contributed by atoms with Crippen LogP contribution in [-0.4, -0.2) is 36.2 Å². The normalized spacial score (nSPS) is 35.0. The summed E-state index contributed by atoms with van der Waals surface area (Å²) in [6, 6.07) is 0. The minimum absolute atomic E-state index is 0.00343. The molecule has 1 aliphatic heterocycles. The maximum absolute atomic E-state index is 9.96. The van der Waals surface area contributed by atoms with Gasteiger partial charge < -0.3 is 10.0 Å². The molecule has 2 unspecified atom stereocenters. The molecule has 12 heavy (non-hydrogen) atoms. The fourth-order valence-electron chi connectivity index (χ4n) is 2.41. The zero-order chi connectivity index (χ0) is 8.55. The lowest BCUT2D eigenvalue weighted by atomic mass is 9.76. The van der Waals surface area contributed by atoms with Gasteiger partial charge in [0.05, 0.1) is 6.10 Å². The van der Waals surface area contributed by atoms with E-state index in [-0.39, 0.29) is 6.10 Å². The molecule has 2 nitrogen and oxygen atoms in total. The summed E-state index contributed by atoms with van der Waals surface area (Å²) in [5.41, 5.74) is 0. The van der Waals surface area contributed by atoms with E-state index in [9.17, 15) is 5.11 Å². The molecule has 0 spiro atoms. The van der Waals surface area contributed by atoms with Crippen LogP contribution in [0.2, 0.25) is 0 Å². The predicted molar refractivity (Wildman–Crippen MR) is 49.0 cm³/mol. The van der Waals surface area contributed by atoms with E-state index < -0.39 is 0 Å². The highest BCUT2D eigenvalue weighted by molar-refractivity contribution is 4.86. The molecule has 2 aliphatic rings. The zero-order valence-electron chi connectivity index (χ0n) is 7.87. The fourth-order valence-corrected chi connectivity index (χ4v) is 2.41. The molecule has 2 atom stereocenters. The number of hydrogen-bond acceptors (Lipinski definition) is 2. The molecule has 0 aromatic heterocycles. The minimum atomic E-state index is 0.00343. The maximum Gasteiger partial charge on any atom is 0.0609 e. The van der Waals surface area contributed by atoms with Crippen molar-refractivity contribution in [1.29, 1.82) is 0 Å². The molecular weight excluding hydrogens is 150 g/mol. The highest BCUT2D eigenvalue weighted by Gasteiger charge is 2.34. The Morgan fingerprint density at radius 1 is 1.25 bits per heavy atom. The molecule has 0 radical (unpaired) electrons. The van der Waals surface area contributed by atoms with Crippen molar-refractivity contribution < 1.29 is 5.11 Å². The molecular formula is C10H19NO. The molecule has 0 aromatic rings. The third kappa shape index (κ3) is 1.50. The van der Waals surface area contributed by atoms with Gasteiger partial charge in [0.2, 0.25) is 0 Å². The summed E-state index contributed by atoms with van der Waals surface area (Å²) in [6.45, 7) is 2.28. The van der Waals surface area contributed by atoms with E-state index in [4.69, 9.17) is 0 Å². The van der Waals surface area contributed by atoms with Crippen molar-refractivity contribution in [3.05, 3.63) is 0 Å². The lowest BCUT2D eigenvalue weighted by Gasteiger charge is -2.33. The van der Waals surface area contributed by atoms with Crippen LogP contribution in [0.1, 0.15) is 25.7 Å². The van der Waals surface area contributed by atoms with Crippen LogP contribution < -0.4 is 0 Å². The van der Waals surface area contributed by atoms with Crippen molar-refractivity contribution in [2.75, 3.05) is 20.1 Å². The number of likely N-dealkylation sites (tertiary alicyclic amines) is 1. The van der Waals surface area contributed by atoms with Gasteiger partial charge in [0.25, 0.3) is 0 Å². The Kier molecular flexibility index (Phi) is 2.37. The Morgan fingerprint density at radius 2 is 2.00 bits per heavy atom. The summed E-state index contributed by atoms with van der Waals surface area (Å²) in [4.78, 5) is 2.33. The van der Waals surface area contributed by atoms with Gasteiger partial charge in [0, 0.05) is 6.54 Å². The van der Waals surface area contributed by atoms with Gasteiger partial charge >= 0.3 is 0 Å². The third-order valence-corrected chi connectivity index (χ3v) is 3.54. The molecule has 0 aromatic carbocycles. The van der Waals surface area contributed by atoms with Gasteiger partial charge in [-0.15, -0.1) is 0 Å². The molecule has 1 N–H and O–H groups in total. The number of aliphatic hydroxyl groups is 1. The van der Waals surface area contributed by atoms with Crippen LogP contribution >= 0.6 is 0 Å². The average Bonchev–Trinajstić information content (AvgIpc) is 2.31. The largest absolute Gasteiger partial charge is 0.393 e. The van der Waals surface area contributed by atoms with Gasteiger partial charge in [-0.25, -0.2) is 0 Å². The van der Waals surface area contributed by atoms with Crippen LogP contribution in [-0.2, 0) is 0 Å². The van der Waals surface area contributed by atoms with Crippen LogP contribution in [0.25, 0.3) is 0 Å². The number of hydrogen-bond donors (Lipinski definition) is 1. The highest BCUT2D eigenvalue weighted by Crippen LogP contribution is 2.35. The second-order valence-electron chi connectivity index (χ2n) is 4.49. The summed E-state index contributed by atoms with van der Waals surface area (Å²) in [5.74, 6) is 1.21. The number of rotatable bonds is 2. The number of aliphatic hydroxyl groups excluding tert-OH is 1. The molecule has 70 valence electrons. The van der Waals surface area contributed by atoms with Crippen LogP contribution in [0, 0.1) is 11.8 Å². The molecule has 1 aliphatic carbocycles. The van der Waals surface area contributed by atoms with E-state index in [1.54, 1.807) is 0 Å². The molecule has 1 heterocycles. The fraction of sp³-hybridized carbons (Fsp3) is 1.00. The smallest absolute Gasteiger partial charge is 0.0609 e. The Balaban J connectivity index is 1.83. The van der Waals surface area contributed by atoms with Gasteiger partial charge in [-0.05, 0) is 44.7 Å². The Morgan fingerprint density at radius 3 is 2.42 bits per heavy atom. The summed E-state index contributed by atoms with van der Waals surface area (Å²) >= 11 is 0. The first-order valence-corrected chi connectivity index (χ1v) is 5.14. The Labute approximate surface area is 74.6 Å². The van der Waals surface area contributed by atoms with Crippen molar-refractivity contribution in [3.63, 3.8) is 0 Å². The molecule has 1 saturated carbocycles. The number of nitrogens with zero attached hydrogens (tertiary/aromatic N) is 1. The monoisotopic (exact) mass is 169 g/mol. The van der Waals surface area contributed by atoms with Crippen molar-refractivity contribution in [2.24, 2.45) is 11.8 Å². The van der Waals surface area contributed by atoms with E-state index in [2.05, 4.69) is 11.9 Å². The predicted octanol–water partition coefficient (Wildman–Crippen LogP) is 1.10. The Hall–Kier alpha value is -0.0800. The van der Waals surface area contributed by atoms with E-state index in [1.807, 2.05) is 0 Å². The molecule has 1 saturated heterocycles. The lowest BCUT2D eigenvalue weighted by Crippen LogP contribution is -2.34. The molecule has 0 amide bonds. The van der Waals surface area contributed by atoms with Gasteiger partial charge in [0.15, 0.2) is 0 Å². The van der Waals surface area contributed by atoms with E-state index in [0.29, 0.717) is 11.8 Å². The van der Waals surface area contributed by atoms with Crippen LogP contribution in [0.4, 0.5) is 0 Å². The van der Waals surface area contributed by atoms with Crippen molar-refractivity contribution >= 4 is 0 Å². The van der Waals surface area contributed by atoms with Crippen molar-refractivity contribution in [1.82, 2.24) is 4.90 Å². The zero-order valence-corrected chi connectivity index (χ0v) is 7.87. The summed E-state index contributed by atoms with van der Waals surface area (Å²) < 4.78 is 0. The van der Waals surface area contributed by atoms with Crippen LogP contribution in [0.3, 0.4) is 0 Å². The second kappa shape index (κ2) is 3.35. The highest BCUT2D eigenvalue weighted by atomic mass is 16.3. The van der Waals surface area contributed by atoms with Crippen molar-refractivity contribution in [2.45, 2.75) is 31.8 Å². The first kappa shape index (κ1) is 8.52. The summed E-state index contributed by atoms with van der Waals surface area (Å²) in [6.07, 6.45) is 5.07. The summed E-state index contributed by atoms with van der Waals surface area (Å²) in [7, 11) is 2.15. The van der Waals surface area contributed by atoms with Gasteiger partial charge in [0.1, 0.15) is 0 Å². The van der Waals surface area contributed by atoms with E-state index in [0.717, 1.165) is 6.54 Å². The quantitative estimate of drug-likeness (QED) is 0.669. The lowest BCUT2D eigenvalue weighted by molar-refractivity contribution is 0.0186. The van der Waals surface area contributed by atoms with Crippen LogP contribution in [0.5, 0.6) is 0 Å². The topological polar surface area (TPSA) is 23.5 Å². The molecule has 0 bridgehead atoms. The van der Waals surface area contributed by atoms with Gasteiger partial charge in [-0.1, -0.05) is 6.42 Å². The van der Waals surface area contributed by atoms with Gasteiger partial charge in [-0.3, -0.25) is 0 Å². The minimum Gasteiger partial charge on any atom is -0.393 e. The Bertz CT molecular complexity index is 156. The molecule has 2 rings (SSSR count). The second-order valence-corrected chi connectivity index (χ2v) is 4.49. The molecule has 2 fully saturated rings. The standard InChI is InChI=1S/C10H19NO/c1-11-6-5-9(7-11)10(12)8-3-2-4-8/h8-10,12H,2-7H2,1H3.